The number of benzene rings is 1. The van der Waals surface area contributed by atoms with Gasteiger partial charge in [-0.15, -0.1) is 0 Å². The Balaban J connectivity index is 2.05. The lowest BCUT2D eigenvalue weighted by Gasteiger charge is -2.12. The van der Waals surface area contributed by atoms with E-state index in [0.29, 0.717) is 29.7 Å². The van der Waals surface area contributed by atoms with Gasteiger partial charge in [0.1, 0.15) is 11.4 Å². The number of ether oxygens (including phenoxy) is 1. The van der Waals surface area contributed by atoms with Crippen LogP contribution in [0.25, 0.3) is 0 Å². The van der Waals surface area contributed by atoms with Gasteiger partial charge in [-0.05, 0) is 43.5 Å². The summed E-state index contributed by atoms with van der Waals surface area (Å²) >= 11 is 0. The molecular formula is C19H25N3O2. The number of carbonyl (C=O) groups excluding carboxylic acids is 1. The first-order valence-corrected chi connectivity index (χ1v) is 8.33. The summed E-state index contributed by atoms with van der Waals surface area (Å²) in [7, 11) is 0. The van der Waals surface area contributed by atoms with E-state index < -0.39 is 0 Å². The van der Waals surface area contributed by atoms with Crippen molar-refractivity contribution in [3.8, 4) is 5.75 Å². The number of rotatable bonds is 8. The zero-order valence-corrected chi connectivity index (χ0v) is 14.5. The Labute approximate surface area is 143 Å². The molecule has 1 aromatic carbocycles. The van der Waals surface area contributed by atoms with Crippen molar-refractivity contribution in [1.29, 1.82) is 0 Å². The molecule has 0 spiro atoms. The molecule has 128 valence electrons. The number of hydrogen-bond donors (Lipinski definition) is 2. The average Bonchev–Trinajstić information content (AvgIpc) is 2.57. The summed E-state index contributed by atoms with van der Waals surface area (Å²) in [5, 5.41) is 6.18. The molecule has 1 heterocycles. The fraction of sp³-hybridized carbons (Fsp3) is 0.368. The van der Waals surface area contributed by atoms with Gasteiger partial charge in [-0.1, -0.05) is 26.0 Å². The minimum absolute atomic E-state index is 0.255. The fourth-order valence-electron chi connectivity index (χ4n) is 2.21. The normalized spacial score (nSPS) is 10.5. The topological polar surface area (TPSA) is 63.2 Å². The molecule has 1 aromatic heterocycles. The maximum absolute atomic E-state index is 12.4. The van der Waals surface area contributed by atoms with Crippen molar-refractivity contribution in [3.63, 3.8) is 0 Å². The molecule has 2 aromatic rings. The third-order valence-electron chi connectivity index (χ3n) is 3.48. The summed E-state index contributed by atoms with van der Waals surface area (Å²) in [6.45, 7) is 7.69. The van der Waals surface area contributed by atoms with Crippen LogP contribution in [0.4, 0.5) is 11.4 Å². The minimum Gasteiger partial charge on any atom is -0.492 e. The molecule has 1 amide bonds. The SMILES string of the molecule is CCOc1ccccc1NC(=O)c1cc(NCCC(C)C)ccn1. The van der Waals surface area contributed by atoms with Crippen LogP contribution in [0.3, 0.4) is 0 Å². The predicted octanol–water partition coefficient (Wildman–Crippen LogP) is 4.19. The lowest BCUT2D eigenvalue weighted by Crippen LogP contribution is -2.15. The molecule has 0 bridgehead atoms. The van der Waals surface area contributed by atoms with Crippen LogP contribution in [0.1, 0.15) is 37.7 Å². The van der Waals surface area contributed by atoms with Gasteiger partial charge in [0.15, 0.2) is 0 Å². The standard InChI is InChI=1S/C19H25N3O2/c1-4-24-18-8-6-5-7-16(18)22-19(23)17-13-15(10-12-21-17)20-11-9-14(2)3/h5-8,10,12-14H,4,9,11H2,1-3H3,(H,20,21)(H,22,23). The van der Waals surface area contributed by atoms with E-state index in [1.54, 1.807) is 12.3 Å². The number of amides is 1. The molecule has 0 aliphatic rings. The number of anilines is 2. The van der Waals surface area contributed by atoms with Crippen molar-refractivity contribution in [3.05, 3.63) is 48.3 Å². The van der Waals surface area contributed by atoms with Crippen LogP contribution in [0.15, 0.2) is 42.6 Å². The lowest BCUT2D eigenvalue weighted by molar-refractivity contribution is 0.102. The van der Waals surface area contributed by atoms with Crippen molar-refractivity contribution in [2.24, 2.45) is 5.92 Å². The Bertz CT molecular complexity index is 671. The maximum Gasteiger partial charge on any atom is 0.274 e. The molecule has 5 heteroatoms. The third kappa shape index (κ3) is 5.26. The van der Waals surface area contributed by atoms with Crippen LogP contribution >= 0.6 is 0 Å². The molecule has 5 nitrogen and oxygen atoms in total. The highest BCUT2D eigenvalue weighted by atomic mass is 16.5. The number of pyridine rings is 1. The van der Waals surface area contributed by atoms with E-state index in [9.17, 15) is 4.79 Å². The van der Waals surface area contributed by atoms with Gasteiger partial charge in [0.05, 0.1) is 12.3 Å². The third-order valence-corrected chi connectivity index (χ3v) is 3.48. The van der Waals surface area contributed by atoms with E-state index >= 15 is 0 Å². The summed E-state index contributed by atoms with van der Waals surface area (Å²) in [5.41, 5.74) is 1.91. The second-order valence-electron chi connectivity index (χ2n) is 5.92. The van der Waals surface area contributed by atoms with Gasteiger partial charge in [0.2, 0.25) is 0 Å². The second-order valence-corrected chi connectivity index (χ2v) is 5.92. The first-order valence-electron chi connectivity index (χ1n) is 8.33. The molecule has 0 radical (unpaired) electrons. The highest BCUT2D eigenvalue weighted by Gasteiger charge is 2.11. The number of nitrogens with zero attached hydrogens (tertiary/aromatic N) is 1. The summed E-state index contributed by atoms with van der Waals surface area (Å²) in [4.78, 5) is 16.6. The zero-order chi connectivity index (χ0) is 17.4. The van der Waals surface area contributed by atoms with Gasteiger partial charge >= 0.3 is 0 Å². The van der Waals surface area contributed by atoms with E-state index in [1.165, 1.54) is 0 Å². The van der Waals surface area contributed by atoms with Gasteiger partial charge < -0.3 is 15.4 Å². The molecule has 0 unspecified atom stereocenters. The van der Waals surface area contributed by atoms with Crippen LogP contribution in [0.2, 0.25) is 0 Å². The van der Waals surface area contributed by atoms with Gasteiger partial charge in [-0.2, -0.15) is 0 Å². The highest BCUT2D eigenvalue weighted by molar-refractivity contribution is 6.04. The van der Waals surface area contributed by atoms with E-state index in [0.717, 1.165) is 18.7 Å². The van der Waals surface area contributed by atoms with E-state index in [-0.39, 0.29) is 5.91 Å². The Morgan fingerprint density at radius 1 is 1.25 bits per heavy atom. The highest BCUT2D eigenvalue weighted by Crippen LogP contribution is 2.24. The molecule has 2 N–H and O–H groups in total. The maximum atomic E-state index is 12.4. The fourth-order valence-corrected chi connectivity index (χ4v) is 2.21. The van der Waals surface area contributed by atoms with Gasteiger partial charge in [-0.25, -0.2) is 0 Å². The molecule has 0 aliphatic carbocycles. The molecule has 0 saturated carbocycles. The zero-order valence-electron chi connectivity index (χ0n) is 14.5. The predicted molar refractivity (Wildman–Crippen MR) is 97.7 cm³/mol. The Hall–Kier alpha value is -2.56. The van der Waals surface area contributed by atoms with Crippen molar-refractivity contribution in [1.82, 2.24) is 4.98 Å². The summed E-state index contributed by atoms with van der Waals surface area (Å²) < 4.78 is 5.53. The van der Waals surface area contributed by atoms with Crippen LogP contribution in [-0.4, -0.2) is 24.0 Å². The number of hydrogen-bond acceptors (Lipinski definition) is 4. The van der Waals surface area contributed by atoms with Crippen LogP contribution in [0.5, 0.6) is 5.75 Å². The van der Waals surface area contributed by atoms with Gasteiger partial charge in [-0.3, -0.25) is 9.78 Å². The Morgan fingerprint density at radius 3 is 2.79 bits per heavy atom. The quantitative estimate of drug-likeness (QED) is 0.763. The van der Waals surface area contributed by atoms with E-state index in [4.69, 9.17) is 4.74 Å². The molecule has 2 rings (SSSR count). The van der Waals surface area contributed by atoms with Crippen molar-refractivity contribution < 1.29 is 9.53 Å². The molecule has 0 fully saturated rings. The smallest absolute Gasteiger partial charge is 0.274 e. The van der Waals surface area contributed by atoms with Crippen molar-refractivity contribution in [2.45, 2.75) is 27.2 Å². The van der Waals surface area contributed by atoms with E-state index in [2.05, 4.69) is 29.5 Å². The monoisotopic (exact) mass is 327 g/mol. The first-order chi connectivity index (χ1) is 11.6. The van der Waals surface area contributed by atoms with E-state index in [1.807, 2.05) is 37.3 Å². The van der Waals surface area contributed by atoms with Crippen molar-refractivity contribution in [2.75, 3.05) is 23.8 Å². The Kier molecular flexibility index (Phi) is 6.61. The van der Waals surface area contributed by atoms with Crippen LogP contribution in [-0.2, 0) is 0 Å². The van der Waals surface area contributed by atoms with Crippen LogP contribution < -0.4 is 15.4 Å². The molecule has 0 aliphatic heterocycles. The number of nitrogens with one attached hydrogen (secondary N) is 2. The molecule has 24 heavy (non-hydrogen) atoms. The number of para-hydroxylation sites is 2. The molecule has 0 saturated heterocycles. The number of carbonyl (C=O) groups is 1. The van der Waals surface area contributed by atoms with Gasteiger partial charge in [0, 0.05) is 18.4 Å². The van der Waals surface area contributed by atoms with Crippen molar-refractivity contribution >= 4 is 17.3 Å². The summed E-state index contributed by atoms with van der Waals surface area (Å²) in [5.74, 6) is 1.03. The second kappa shape index (κ2) is 8.91. The summed E-state index contributed by atoms with van der Waals surface area (Å²) in [6, 6.07) is 11.0. The van der Waals surface area contributed by atoms with Gasteiger partial charge in [0.25, 0.3) is 5.91 Å². The average molecular weight is 327 g/mol. The first kappa shape index (κ1) is 17.8. The molecular weight excluding hydrogens is 302 g/mol. The largest absolute Gasteiger partial charge is 0.492 e. The lowest BCUT2D eigenvalue weighted by atomic mass is 10.1. The Morgan fingerprint density at radius 2 is 2.04 bits per heavy atom. The molecule has 0 atom stereocenters. The van der Waals surface area contributed by atoms with Crippen LogP contribution in [0, 0.1) is 5.92 Å². The summed E-state index contributed by atoms with van der Waals surface area (Å²) in [6.07, 6.45) is 2.71. The number of aromatic nitrogens is 1. The minimum atomic E-state index is -0.255.